The number of fused-ring (bicyclic) bond motifs is 1. The Kier molecular flexibility index (Phi) is 3.22. The molecule has 10 heteroatoms. The van der Waals surface area contributed by atoms with E-state index in [0.717, 1.165) is 0 Å². The highest BCUT2D eigenvalue weighted by atomic mass is 79.9. The Morgan fingerprint density at radius 1 is 1.60 bits per heavy atom. The number of nitrogens with zero attached hydrogens (tertiary/aromatic N) is 3. The quantitative estimate of drug-likeness (QED) is 0.662. The van der Waals surface area contributed by atoms with Crippen LogP contribution < -0.4 is 11.3 Å². The Morgan fingerprint density at radius 2 is 2.35 bits per heavy atom. The number of aromatic amines is 1. The molecular formula is C10H11BrFN5O3. The van der Waals surface area contributed by atoms with Crippen LogP contribution in [0.15, 0.2) is 9.53 Å². The number of aliphatic hydroxyl groups excluding tert-OH is 1. The molecule has 4 N–H and O–H groups in total. The van der Waals surface area contributed by atoms with Crippen LogP contribution in [0.4, 0.5) is 10.3 Å². The molecule has 0 saturated carbocycles. The number of halogens is 2. The largest absolute Gasteiger partial charge is 0.394 e. The lowest BCUT2D eigenvalue weighted by Crippen LogP contribution is -2.21. The van der Waals surface area contributed by atoms with Crippen molar-refractivity contribution >= 4 is 33.0 Å². The molecule has 0 radical (unpaired) electrons. The van der Waals surface area contributed by atoms with E-state index in [1.54, 1.807) is 0 Å². The number of nitrogen functional groups attached to an aromatic ring is 1. The van der Waals surface area contributed by atoms with Crippen molar-refractivity contribution in [1.29, 1.82) is 0 Å². The summed E-state index contributed by atoms with van der Waals surface area (Å²) >= 11 is 3.19. The van der Waals surface area contributed by atoms with E-state index in [-0.39, 0.29) is 28.3 Å². The van der Waals surface area contributed by atoms with Crippen LogP contribution in [0.5, 0.6) is 0 Å². The summed E-state index contributed by atoms with van der Waals surface area (Å²) in [6, 6.07) is 0. The maximum Gasteiger partial charge on any atom is 0.280 e. The Hall–Kier alpha value is -1.52. The fourth-order valence-electron chi connectivity index (χ4n) is 2.24. The zero-order valence-corrected chi connectivity index (χ0v) is 11.7. The maximum atomic E-state index is 13.7. The van der Waals surface area contributed by atoms with Gasteiger partial charge in [-0.2, -0.15) is 4.98 Å². The topological polar surface area (TPSA) is 119 Å². The summed E-state index contributed by atoms with van der Waals surface area (Å²) in [7, 11) is 0. The number of ether oxygens (including phenoxy) is 1. The van der Waals surface area contributed by atoms with E-state index >= 15 is 0 Å². The molecule has 0 spiro atoms. The molecule has 2 aromatic heterocycles. The lowest BCUT2D eigenvalue weighted by Gasteiger charge is -2.14. The SMILES string of the molecule is Nc1nc2c(nc(Br)n2C2CC(F)C(CO)O2)c(=O)[nH]1. The van der Waals surface area contributed by atoms with Crippen molar-refractivity contribution in [2.45, 2.75) is 24.9 Å². The van der Waals surface area contributed by atoms with E-state index in [1.165, 1.54) is 4.57 Å². The second-order valence-electron chi connectivity index (χ2n) is 4.44. The summed E-state index contributed by atoms with van der Waals surface area (Å²) in [6.45, 7) is -0.419. The number of anilines is 1. The number of imidazole rings is 1. The maximum absolute atomic E-state index is 13.7. The summed E-state index contributed by atoms with van der Waals surface area (Å²) in [4.78, 5) is 22.1. The van der Waals surface area contributed by atoms with Crippen molar-refractivity contribution < 1.29 is 14.2 Å². The molecule has 3 unspecified atom stereocenters. The number of nitrogens with two attached hydrogens (primary N) is 1. The number of aliphatic hydroxyl groups is 1. The van der Waals surface area contributed by atoms with Gasteiger partial charge < -0.3 is 15.6 Å². The molecule has 2 aromatic rings. The Balaban J connectivity index is 2.13. The van der Waals surface area contributed by atoms with Gasteiger partial charge in [0.1, 0.15) is 18.5 Å². The van der Waals surface area contributed by atoms with E-state index < -0.39 is 30.7 Å². The first-order valence-electron chi connectivity index (χ1n) is 5.85. The minimum absolute atomic E-state index is 0.0314. The van der Waals surface area contributed by atoms with Gasteiger partial charge in [-0.15, -0.1) is 0 Å². The van der Waals surface area contributed by atoms with Gasteiger partial charge in [0, 0.05) is 6.42 Å². The van der Waals surface area contributed by atoms with Gasteiger partial charge in [0.05, 0.1) is 6.61 Å². The van der Waals surface area contributed by atoms with Crippen LogP contribution in [0.2, 0.25) is 0 Å². The summed E-state index contributed by atoms with van der Waals surface area (Å²) in [5, 5.41) is 9.03. The van der Waals surface area contributed by atoms with E-state index in [1.807, 2.05) is 0 Å². The average molecular weight is 348 g/mol. The minimum Gasteiger partial charge on any atom is -0.394 e. The third-order valence-electron chi connectivity index (χ3n) is 3.16. The monoisotopic (exact) mass is 347 g/mol. The normalized spacial score (nSPS) is 26.4. The average Bonchev–Trinajstić information content (AvgIpc) is 2.89. The Morgan fingerprint density at radius 3 is 3.00 bits per heavy atom. The number of alkyl halides is 1. The fourth-order valence-corrected chi connectivity index (χ4v) is 2.81. The number of nitrogens with one attached hydrogen (secondary N) is 1. The van der Waals surface area contributed by atoms with Crippen molar-refractivity contribution in [3.05, 3.63) is 15.1 Å². The number of rotatable bonds is 2. The molecule has 0 amide bonds. The van der Waals surface area contributed by atoms with Crippen LogP contribution in [0.3, 0.4) is 0 Å². The smallest absolute Gasteiger partial charge is 0.280 e. The van der Waals surface area contributed by atoms with Crippen LogP contribution in [0.25, 0.3) is 11.2 Å². The summed E-state index contributed by atoms with van der Waals surface area (Å²) in [6.07, 6.45) is -2.88. The molecule has 3 heterocycles. The number of hydrogen-bond acceptors (Lipinski definition) is 6. The van der Waals surface area contributed by atoms with Gasteiger partial charge in [-0.3, -0.25) is 14.3 Å². The molecule has 0 bridgehead atoms. The minimum atomic E-state index is -1.30. The van der Waals surface area contributed by atoms with Gasteiger partial charge >= 0.3 is 0 Å². The van der Waals surface area contributed by atoms with Crippen LogP contribution in [0.1, 0.15) is 12.6 Å². The standard InChI is InChI=1S/C10H11BrFN5O3/c11-9-14-6-7(15-10(13)16-8(6)19)17(9)5-1-3(12)4(2-18)20-5/h3-5,18H,1-2H2,(H3,13,15,16,19). The van der Waals surface area contributed by atoms with E-state index in [0.29, 0.717) is 0 Å². The van der Waals surface area contributed by atoms with E-state index in [4.69, 9.17) is 15.6 Å². The lowest BCUT2D eigenvalue weighted by molar-refractivity contribution is -0.0331. The molecule has 108 valence electrons. The molecule has 20 heavy (non-hydrogen) atoms. The molecule has 8 nitrogen and oxygen atoms in total. The summed E-state index contributed by atoms with van der Waals surface area (Å²) < 4.78 is 20.8. The van der Waals surface area contributed by atoms with Gasteiger partial charge in [0.25, 0.3) is 5.56 Å². The van der Waals surface area contributed by atoms with Gasteiger partial charge in [0.2, 0.25) is 5.95 Å². The molecular weight excluding hydrogens is 337 g/mol. The molecule has 1 saturated heterocycles. The second-order valence-corrected chi connectivity index (χ2v) is 5.15. The zero-order valence-electron chi connectivity index (χ0n) is 10.1. The molecule has 3 rings (SSSR count). The van der Waals surface area contributed by atoms with Crippen molar-refractivity contribution in [2.75, 3.05) is 12.3 Å². The summed E-state index contributed by atoms with van der Waals surface area (Å²) in [5.41, 5.74) is 5.30. The Bertz CT molecular complexity index is 717. The van der Waals surface area contributed by atoms with Gasteiger partial charge in [0.15, 0.2) is 15.9 Å². The fraction of sp³-hybridized carbons (Fsp3) is 0.500. The zero-order chi connectivity index (χ0) is 14.4. The third kappa shape index (κ3) is 2.00. The van der Waals surface area contributed by atoms with Gasteiger partial charge in [-0.05, 0) is 15.9 Å². The molecule has 0 aliphatic carbocycles. The highest BCUT2D eigenvalue weighted by Crippen LogP contribution is 2.34. The van der Waals surface area contributed by atoms with E-state index in [9.17, 15) is 9.18 Å². The number of aromatic nitrogens is 4. The van der Waals surface area contributed by atoms with Crippen LogP contribution in [-0.2, 0) is 4.74 Å². The number of hydrogen-bond donors (Lipinski definition) is 3. The van der Waals surface area contributed by atoms with Gasteiger partial charge in [-0.1, -0.05) is 0 Å². The summed E-state index contributed by atoms with van der Waals surface area (Å²) in [5.74, 6) is -0.0651. The van der Waals surface area contributed by atoms with Crippen molar-refractivity contribution in [3.63, 3.8) is 0 Å². The third-order valence-corrected chi connectivity index (χ3v) is 3.72. The van der Waals surface area contributed by atoms with Crippen LogP contribution >= 0.6 is 15.9 Å². The van der Waals surface area contributed by atoms with Crippen molar-refractivity contribution in [2.24, 2.45) is 0 Å². The van der Waals surface area contributed by atoms with Crippen molar-refractivity contribution in [1.82, 2.24) is 19.5 Å². The first kappa shape index (κ1) is 13.5. The highest BCUT2D eigenvalue weighted by Gasteiger charge is 2.37. The first-order chi connectivity index (χ1) is 9.51. The predicted molar refractivity (Wildman–Crippen MR) is 70.8 cm³/mol. The first-order valence-corrected chi connectivity index (χ1v) is 6.64. The lowest BCUT2D eigenvalue weighted by atomic mass is 10.2. The molecule has 1 aliphatic heterocycles. The van der Waals surface area contributed by atoms with Crippen LogP contribution in [-0.4, -0.2) is 43.5 Å². The van der Waals surface area contributed by atoms with E-state index in [2.05, 4.69) is 30.9 Å². The highest BCUT2D eigenvalue weighted by molar-refractivity contribution is 9.10. The Labute approximate surface area is 119 Å². The molecule has 0 aromatic carbocycles. The number of H-pyrrole nitrogens is 1. The molecule has 1 aliphatic rings. The predicted octanol–water partition coefficient (Wildman–Crippen LogP) is 0.0822. The molecule has 3 atom stereocenters. The second kappa shape index (κ2) is 4.79. The van der Waals surface area contributed by atoms with Crippen LogP contribution in [0, 0.1) is 0 Å². The van der Waals surface area contributed by atoms with Gasteiger partial charge in [-0.25, -0.2) is 9.37 Å². The molecule has 1 fully saturated rings. The van der Waals surface area contributed by atoms with Crippen molar-refractivity contribution in [3.8, 4) is 0 Å².